The van der Waals surface area contributed by atoms with Gasteiger partial charge in [-0.1, -0.05) is 117 Å². The van der Waals surface area contributed by atoms with E-state index in [2.05, 4.69) is 39.8 Å². The first-order chi connectivity index (χ1) is 25.4. The Morgan fingerprint density at radius 3 is 1.44 bits per heavy atom. The van der Waals surface area contributed by atoms with Gasteiger partial charge in [-0.3, -0.25) is 9.59 Å². The first-order valence-corrected chi connectivity index (χ1v) is 21.5. The number of carbonyl (C=O) groups is 2. The molecular weight excluding hydrogens is 652 g/mol. The van der Waals surface area contributed by atoms with E-state index in [9.17, 15) is 14.7 Å². The minimum atomic E-state index is -0.790. The summed E-state index contributed by atoms with van der Waals surface area (Å²) in [4.78, 5) is 24.4. The van der Waals surface area contributed by atoms with Crippen LogP contribution in [0.3, 0.4) is 0 Å². The van der Waals surface area contributed by atoms with Crippen LogP contribution >= 0.6 is 0 Å². The predicted molar refractivity (Wildman–Crippen MR) is 212 cm³/mol. The molecule has 0 fully saturated rings. The molecule has 0 spiro atoms. The first-order valence-electron chi connectivity index (χ1n) is 21.5. The van der Waals surface area contributed by atoms with Gasteiger partial charge in [-0.2, -0.15) is 0 Å². The smallest absolute Gasteiger partial charge is 0.306 e. The second kappa shape index (κ2) is 29.9. The maximum Gasteiger partial charge on any atom is 0.306 e. The molecule has 7 nitrogen and oxygen atoms in total. The van der Waals surface area contributed by atoms with E-state index in [1.165, 1.54) is 113 Å². The second-order valence-corrected chi connectivity index (χ2v) is 15.2. The molecule has 1 N–H and O–H groups in total. The summed E-state index contributed by atoms with van der Waals surface area (Å²) in [6.07, 6.45) is 29.6. The van der Waals surface area contributed by atoms with Gasteiger partial charge in [-0.05, 0) is 75.6 Å². The van der Waals surface area contributed by atoms with E-state index >= 15 is 0 Å². The van der Waals surface area contributed by atoms with Gasteiger partial charge in [-0.15, -0.1) is 0 Å². The van der Waals surface area contributed by atoms with Crippen LogP contribution in [0.4, 0.5) is 0 Å². The van der Waals surface area contributed by atoms with Gasteiger partial charge >= 0.3 is 11.9 Å². The van der Waals surface area contributed by atoms with Gasteiger partial charge in [0.15, 0.2) is 6.10 Å². The molecule has 0 saturated heterocycles. The SMILES string of the molecule is CCCCCc1cc(C)c(CCCCCCCCCCCCC(=O)OC[C@H](CO)OC(=O)CCCCCCCCCCc2oc(CCC)cc2C)o1. The van der Waals surface area contributed by atoms with Crippen molar-refractivity contribution in [1.82, 2.24) is 0 Å². The lowest BCUT2D eigenvalue weighted by Crippen LogP contribution is -2.28. The molecule has 2 rings (SSSR count). The number of aliphatic hydroxyl groups is 1. The van der Waals surface area contributed by atoms with E-state index in [1.54, 1.807) is 0 Å². The van der Waals surface area contributed by atoms with Crippen LogP contribution in [0.15, 0.2) is 21.0 Å². The highest BCUT2D eigenvalue weighted by atomic mass is 16.6. The van der Waals surface area contributed by atoms with E-state index in [4.69, 9.17) is 18.3 Å². The number of esters is 2. The van der Waals surface area contributed by atoms with Crippen molar-refractivity contribution in [3.63, 3.8) is 0 Å². The van der Waals surface area contributed by atoms with E-state index < -0.39 is 6.10 Å². The minimum absolute atomic E-state index is 0.0817. The molecule has 0 saturated carbocycles. The number of aliphatic hydroxyl groups excluding tert-OH is 1. The Labute approximate surface area is 317 Å². The van der Waals surface area contributed by atoms with Gasteiger partial charge in [0.1, 0.15) is 29.6 Å². The van der Waals surface area contributed by atoms with Crippen LogP contribution < -0.4 is 0 Å². The molecule has 0 amide bonds. The standard InChI is InChI=1S/C45H76O7/c1-5-7-22-28-40-34-38(4)43(51-40)30-24-18-14-10-8-9-11-16-20-25-31-44(47)49-36-41(35-46)52-45(48)32-26-21-17-13-12-15-19-23-29-42-37(3)33-39(50-42)27-6-2/h33-34,41,46H,5-32,35-36H2,1-4H3/t41-/m0/s1. The van der Waals surface area contributed by atoms with Crippen LogP contribution in [-0.2, 0) is 44.7 Å². The lowest BCUT2D eigenvalue weighted by Gasteiger charge is -2.15. The number of unbranched alkanes of at least 4 members (excludes halogenated alkanes) is 18. The molecule has 0 unspecified atom stereocenters. The maximum absolute atomic E-state index is 12.2. The van der Waals surface area contributed by atoms with E-state index in [-0.39, 0.29) is 25.2 Å². The molecule has 2 aromatic rings. The zero-order valence-electron chi connectivity index (χ0n) is 33.8. The van der Waals surface area contributed by atoms with Crippen molar-refractivity contribution >= 4 is 11.9 Å². The van der Waals surface area contributed by atoms with Gasteiger partial charge in [0.25, 0.3) is 0 Å². The number of carbonyl (C=O) groups excluding carboxylic acids is 2. The van der Waals surface area contributed by atoms with E-state index in [1.807, 2.05) is 0 Å². The first kappa shape index (κ1) is 45.6. The zero-order valence-corrected chi connectivity index (χ0v) is 33.8. The van der Waals surface area contributed by atoms with Crippen LogP contribution in [0, 0.1) is 13.8 Å². The molecule has 298 valence electrons. The molecule has 52 heavy (non-hydrogen) atoms. The molecule has 2 aromatic heterocycles. The number of hydrogen-bond donors (Lipinski definition) is 1. The third-order valence-electron chi connectivity index (χ3n) is 10.2. The monoisotopic (exact) mass is 729 g/mol. The summed E-state index contributed by atoms with van der Waals surface area (Å²) >= 11 is 0. The van der Waals surface area contributed by atoms with E-state index in [0.29, 0.717) is 12.8 Å². The molecule has 2 heterocycles. The maximum atomic E-state index is 12.2. The summed E-state index contributed by atoms with van der Waals surface area (Å²) in [6.45, 7) is 8.31. The largest absolute Gasteiger partial charge is 0.466 e. The Balaban J connectivity index is 1.35. The summed E-state index contributed by atoms with van der Waals surface area (Å²) in [5, 5.41) is 9.61. The normalized spacial score (nSPS) is 12.0. The average Bonchev–Trinajstić information content (AvgIpc) is 3.67. The van der Waals surface area contributed by atoms with Crippen molar-refractivity contribution in [3.8, 4) is 0 Å². The van der Waals surface area contributed by atoms with Crippen LogP contribution in [0.2, 0.25) is 0 Å². The average molecular weight is 729 g/mol. The summed E-state index contributed by atoms with van der Waals surface area (Å²) in [5.74, 6) is 4.00. The highest BCUT2D eigenvalue weighted by Gasteiger charge is 2.16. The Kier molecular flexibility index (Phi) is 26.2. The van der Waals surface area contributed by atoms with Crippen LogP contribution in [0.5, 0.6) is 0 Å². The second-order valence-electron chi connectivity index (χ2n) is 15.2. The third kappa shape index (κ3) is 21.9. The van der Waals surface area contributed by atoms with Gasteiger partial charge in [0, 0.05) is 38.5 Å². The molecule has 0 aromatic carbocycles. The lowest BCUT2D eigenvalue weighted by molar-refractivity contribution is -0.161. The molecule has 0 aliphatic rings. The number of aryl methyl sites for hydroxylation is 6. The van der Waals surface area contributed by atoms with Crippen molar-refractivity contribution < 1.29 is 33.0 Å². The van der Waals surface area contributed by atoms with Crippen LogP contribution in [-0.4, -0.2) is 36.4 Å². The quantitative estimate of drug-likeness (QED) is 0.0565. The topological polar surface area (TPSA) is 99.1 Å². The van der Waals surface area contributed by atoms with Crippen molar-refractivity contribution in [2.45, 2.75) is 214 Å². The fraction of sp³-hybridized carbons (Fsp3) is 0.778. The van der Waals surface area contributed by atoms with Crippen molar-refractivity contribution in [3.05, 3.63) is 46.3 Å². The summed E-state index contributed by atoms with van der Waals surface area (Å²) < 4.78 is 22.7. The predicted octanol–water partition coefficient (Wildman–Crippen LogP) is 12.2. The summed E-state index contributed by atoms with van der Waals surface area (Å²) in [5.41, 5.74) is 2.61. The number of furan rings is 2. The van der Waals surface area contributed by atoms with Gasteiger partial charge in [0.2, 0.25) is 0 Å². The van der Waals surface area contributed by atoms with Gasteiger partial charge < -0.3 is 23.4 Å². The Hall–Kier alpha value is -2.54. The Morgan fingerprint density at radius 1 is 0.558 bits per heavy atom. The number of hydrogen-bond acceptors (Lipinski definition) is 7. The molecular formula is C45H76O7. The summed E-state index contributed by atoms with van der Waals surface area (Å²) in [7, 11) is 0. The highest BCUT2D eigenvalue weighted by molar-refractivity contribution is 5.70. The fourth-order valence-corrected chi connectivity index (χ4v) is 6.93. The van der Waals surface area contributed by atoms with Crippen LogP contribution in [0.25, 0.3) is 0 Å². The lowest BCUT2D eigenvalue weighted by atomic mass is 10.0. The zero-order chi connectivity index (χ0) is 37.7. The number of rotatable bonds is 34. The van der Waals surface area contributed by atoms with Crippen molar-refractivity contribution in [2.24, 2.45) is 0 Å². The highest BCUT2D eigenvalue weighted by Crippen LogP contribution is 2.21. The number of ether oxygens (including phenoxy) is 2. The minimum Gasteiger partial charge on any atom is -0.466 e. The third-order valence-corrected chi connectivity index (χ3v) is 10.2. The van der Waals surface area contributed by atoms with E-state index in [0.717, 1.165) is 87.9 Å². The Bertz CT molecular complexity index is 1180. The Morgan fingerprint density at radius 2 is 0.981 bits per heavy atom. The molecule has 0 aliphatic heterocycles. The molecule has 7 heteroatoms. The summed E-state index contributed by atoms with van der Waals surface area (Å²) in [6, 6.07) is 4.43. The molecule has 1 atom stereocenters. The molecule has 0 bridgehead atoms. The molecule has 0 aliphatic carbocycles. The van der Waals surface area contributed by atoms with Crippen molar-refractivity contribution in [1.29, 1.82) is 0 Å². The van der Waals surface area contributed by atoms with Crippen LogP contribution in [0.1, 0.15) is 202 Å². The van der Waals surface area contributed by atoms with Gasteiger partial charge in [-0.25, -0.2) is 0 Å². The molecule has 0 radical (unpaired) electrons. The fourth-order valence-electron chi connectivity index (χ4n) is 6.93. The van der Waals surface area contributed by atoms with Gasteiger partial charge in [0.05, 0.1) is 6.61 Å². The van der Waals surface area contributed by atoms with Crippen molar-refractivity contribution in [2.75, 3.05) is 13.2 Å².